The van der Waals surface area contributed by atoms with Crippen molar-refractivity contribution in [1.82, 2.24) is 9.55 Å². The Kier molecular flexibility index (Phi) is 9.70. The van der Waals surface area contributed by atoms with Crippen molar-refractivity contribution in [2.75, 3.05) is 23.9 Å². The zero-order chi connectivity index (χ0) is 31.1. The van der Waals surface area contributed by atoms with Crippen LogP contribution in [0.15, 0.2) is 66.7 Å². The predicted molar refractivity (Wildman–Crippen MR) is 170 cm³/mol. The Hall–Kier alpha value is -4.97. The highest BCUT2D eigenvalue weighted by Crippen LogP contribution is 2.30. The summed E-state index contributed by atoms with van der Waals surface area (Å²) in [5.41, 5.74) is 4.03. The van der Waals surface area contributed by atoms with Crippen molar-refractivity contribution in [1.29, 1.82) is 5.26 Å². The number of aromatic nitrogens is 2. The number of amides is 2. The van der Waals surface area contributed by atoms with E-state index < -0.39 is 0 Å². The summed E-state index contributed by atoms with van der Waals surface area (Å²) in [6, 6.07) is 21.7. The minimum atomic E-state index is -0.339. The molecule has 4 aromatic rings. The van der Waals surface area contributed by atoms with Crippen LogP contribution in [0.1, 0.15) is 66.9 Å². The Bertz CT molecular complexity index is 1700. The molecule has 9 nitrogen and oxygen atoms in total. The van der Waals surface area contributed by atoms with E-state index in [1.54, 1.807) is 43.1 Å². The summed E-state index contributed by atoms with van der Waals surface area (Å²) >= 11 is 0. The van der Waals surface area contributed by atoms with E-state index in [4.69, 9.17) is 15.0 Å². The molecule has 1 heterocycles. The number of Topliss-reactive ketones (excluding diaryl/α,β-unsaturated/α-hetero) is 1. The number of hydrogen-bond acceptors (Lipinski definition) is 6. The quantitative estimate of drug-likeness (QED) is 0.193. The number of rotatable bonds is 12. The molecular formula is C35H37N5O4. The molecule has 0 unspecified atom stereocenters. The number of carbonyl (C=O) groups is 3. The molecule has 1 N–H and O–H groups in total. The second-order valence-corrected chi connectivity index (χ2v) is 11.4. The Morgan fingerprint density at radius 1 is 1.07 bits per heavy atom. The summed E-state index contributed by atoms with van der Waals surface area (Å²) in [5, 5.41) is 12.0. The van der Waals surface area contributed by atoms with E-state index in [9.17, 15) is 14.4 Å². The first-order chi connectivity index (χ1) is 21.3. The van der Waals surface area contributed by atoms with Crippen molar-refractivity contribution in [3.8, 4) is 11.8 Å². The van der Waals surface area contributed by atoms with Gasteiger partial charge in [-0.05, 0) is 92.3 Å². The first-order valence-corrected chi connectivity index (χ1v) is 15.1. The molecule has 226 valence electrons. The van der Waals surface area contributed by atoms with E-state index in [0.717, 1.165) is 29.6 Å². The van der Waals surface area contributed by atoms with Crippen LogP contribution in [0.2, 0.25) is 0 Å². The van der Waals surface area contributed by atoms with Gasteiger partial charge in [0, 0.05) is 37.7 Å². The van der Waals surface area contributed by atoms with Crippen LogP contribution < -0.4 is 15.0 Å². The van der Waals surface area contributed by atoms with Gasteiger partial charge in [-0.2, -0.15) is 5.26 Å². The number of ether oxygens (including phenoxy) is 1. The monoisotopic (exact) mass is 591 g/mol. The average Bonchev–Trinajstić information content (AvgIpc) is 3.65. The molecule has 9 heteroatoms. The minimum Gasteiger partial charge on any atom is -0.494 e. The molecule has 44 heavy (non-hydrogen) atoms. The molecule has 1 aromatic heterocycles. The maximum atomic E-state index is 13.1. The fraction of sp³-hybridized carbons (Fsp3) is 0.343. The van der Waals surface area contributed by atoms with Crippen molar-refractivity contribution in [3.63, 3.8) is 0 Å². The van der Waals surface area contributed by atoms with Gasteiger partial charge in [-0.1, -0.05) is 25.0 Å². The molecule has 2 amide bonds. The molecule has 0 spiro atoms. The Balaban J connectivity index is 1.34. The number of imidazole rings is 1. The number of ketones is 1. The molecule has 0 saturated heterocycles. The highest BCUT2D eigenvalue weighted by atomic mass is 16.5. The maximum Gasteiger partial charge on any atom is 0.257 e. The van der Waals surface area contributed by atoms with Crippen LogP contribution in [0, 0.1) is 17.2 Å². The van der Waals surface area contributed by atoms with Crippen LogP contribution in [0.25, 0.3) is 11.0 Å². The highest BCUT2D eigenvalue weighted by molar-refractivity contribution is 6.04. The zero-order valence-corrected chi connectivity index (χ0v) is 25.2. The van der Waals surface area contributed by atoms with Gasteiger partial charge in [-0.3, -0.25) is 19.7 Å². The summed E-state index contributed by atoms with van der Waals surface area (Å²) in [4.78, 5) is 44.1. The van der Waals surface area contributed by atoms with E-state index >= 15 is 0 Å². The Labute approximate surface area is 257 Å². The van der Waals surface area contributed by atoms with Crippen molar-refractivity contribution < 1.29 is 19.1 Å². The second-order valence-electron chi connectivity index (χ2n) is 11.4. The zero-order valence-electron chi connectivity index (χ0n) is 25.2. The number of aryl methyl sites for hydroxylation is 1. The lowest BCUT2D eigenvalue weighted by Gasteiger charge is -2.19. The van der Waals surface area contributed by atoms with Crippen LogP contribution in [0.3, 0.4) is 0 Å². The Morgan fingerprint density at radius 3 is 2.57 bits per heavy atom. The summed E-state index contributed by atoms with van der Waals surface area (Å²) in [5.74, 6) is 1.38. The molecule has 1 aliphatic carbocycles. The topological polar surface area (TPSA) is 117 Å². The van der Waals surface area contributed by atoms with Gasteiger partial charge in [0.05, 0.1) is 29.3 Å². The van der Waals surface area contributed by atoms with Gasteiger partial charge in [-0.25, -0.2) is 4.98 Å². The first-order valence-electron chi connectivity index (χ1n) is 15.1. The van der Waals surface area contributed by atoms with Gasteiger partial charge < -0.3 is 14.2 Å². The van der Waals surface area contributed by atoms with Crippen LogP contribution in [0.4, 0.5) is 11.6 Å². The summed E-state index contributed by atoms with van der Waals surface area (Å²) in [6.45, 7) is 2.50. The predicted octanol–water partition coefficient (Wildman–Crippen LogP) is 6.30. The summed E-state index contributed by atoms with van der Waals surface area (Å²) in [7, 11) is 1.80. The third-order valence-corrected chi connectivity index (χ3v) is 8.08. The van der Waals surface area contributed by atoms with Crippen molar-refractivity contribution in [2.24, 2.45) is 5.92 Å². The van der Waals surface area contributed by atoms with E-state index in [0.29, 0.717) is 66.7 Å². The third-order valence-electron chi connectivity index (χ3n) is 8.08. The van der Waals surface area contributed by atoms with E-state index in [1.807, 2.05) is 47.0 Å². The fourth-order valence-corrected chi connectivity index (χ4v) is 5.71. The number of nitrogens with one attached hydrogen (secondary N) is 1. The van der Waals surface area contributed by atoms with Gasteiger partial charge in [0.1, 0.15) is 11.5 Å². The van der Waals surface area contributed by atoms with E-state index in [-0.39, 0.29) is 17.6 Å². The lowest BCUT2D eigenvalue weighted by molar-refractivity contribution is -0.119. The summed E-state index contributed by atoms with van der Waals surface area (Å²) < 4.78 is 7.92. The van der Waals surface area contributed by atoms with Gasteiger partial charge in [0.15, 0.2) is 0 Å². The fourth-order valence-electron chi connectivity index (χ4n) is 5.71. The molecule has 3 aromatic carbocycles. The largest absolute Gasteiger partial charge is 0.494 e. The minimum absolute atomic E-state index is 0.0922. The molecular weight excluding hydrogens is 554 g/mol. The number of nitriles is 1. The normalized spacial score (nSPS) is 13.0. The number of anilines is 2. The smallest absolute Gasteiger partial charge is 0.257 e. The number of carbonyl (C=O) groups excluding carboxylic acids is 3. The summed E-state index contributed by atoms with van der Waals surface area (Å²) in [6.07, 6.45) is 6.15. The maximum absolute atomic E-state index is 13.1. The highest BCUT2D eigenvalue weighted by Gasteiger charge is 2.22. The SMILES string of the molecule is CC(=O)Cc1cccc(OCCCn2c(NC(=O)c3ccc(C#N)cc3)nc3cc(N(C)C(=O)CC4CCCC4)ccc32)c1. The van der Waals surface area contributed by atoms with Gasteiger partial charge in [-0.15, -0.1) is 0 Å². The Morgan fingerprint density at radius 2 is 1.84 bits per heavy atom. The molecule has 0 atom stereocenters. The number of hydrogen-bond donors (Lipinski definition) is 1. The van der Waals surface area contributed by atoms with Gasteiger partial charge in [0.25, 0.3) is 5.91 Å². The van der Waals surface area contributed by atoms with Crippen LogP contribution in [-0.4, -0.2) is 40.8 Å². The van der Waals surface area contributed by atoms with Crippen molar-refractivity contribution in [3.05, 3.63) is 83.4 Å². The number of nitrogens with zero attached hydrogens (tertiary/aromatic N) is 4. The van der Waals surface area contributed by atoms with Crippen LogP contribution >= 0.6 is 0 Å². The lowest BCUT2D eigenvalue weighted by atomic mass is 10.0. The van der Waals surface area contributed by atoms with Gasteiger partial charge in [0.2, 0.25) is 11.9 Å². The van der Waals surface area contributed by atoms with Crippen LogP contribution in [0.5, 0.6) is 5.75 Å². The van der Waals surface area contributed by atoms with E-state index in [2.05, 4.69) is 11.4 Å². The number of benzene rings is 3. The standard InChI is InChI=1S/C35H37N5O4/c1-24(41)19-27-9-5-10-30(20-27)44-18-6-17-40-32-16-15-29(39(2)33(42)21-25-7-3-4-8-25)22-31(32)37-35(40)38-34(43)28-13-11-26(23-36)12-14-28/h5,9-16,20,22,25H,3-4,6-8,17-19,21H2,1-2H3,(H,37,38,43). The first kappa shape index (κ1) is 30.5. The lowest BCUT2D eigenvalue weighted by Crippen LogP contribution is -2.27. The molecule has 5 rings (SSSR count). The van der Waals surface area contributed by atoms with Crippen molar-refractivity contribution >= 4 is 40.3 Å². The number of fused-ring (bicyclic) bond motifs is 1. The molecule has 1 fully saturated rings. The van der Waals surface area contributed by atoms with Crippen LogP contribution in [-0.2, 0) is 22.6 Å². The van der Waals surface area contributed by atoms with E-state index in [1.165, 1.54) is 12.8 Å². The molecule has 0 radical (unpaired) electrons. The second kappa shape index (κ2) is 14.0. The van der Waals surface area contributed by atoms with Crippen molar-refractivity contribution in [2.45, 2.75) is 58.4 Å². The third kappa shape index (κ3) is 7.51. The molecule has 0 bridgehead atoms. The molecule has 1 saturated carbocycles. The molecule has 1 aliphatic rings. The average molecular weight is 592 g/mol. The molecule has 0 aliphatic heterocycles. The van der Waals surface area contributed by atoms with Gasteiger partial charge >= 0.3 is 0 Å².